The van der Waals surface area contributed by atoms with Gasteiger partial charge in [-0.05, 0) is 19.4 Å². The SMILES string of the molecule is CNc1ncc(CN2CCC[C@@]2(C(=O)N(C)C)c2cnccn2)cn1. The van der Waals surface area contributed by atoms with Crippen molar-refractivity contribution in [2.24, 2.45) is 0 Å². The Morgan fingerprint density at radius 1 is 1.24 bits per heavy atom. The maximum Gasteiger partial charge on any atom is 0.248 e. The van der Waals surface area contributed by atoms with Crippen molar-refractivity contribution in [1.29, 1.82) is 0 Å². The Hall–Kier alpha value is -2.61. The second kappa shape index (κ2) is 7.10. The molecular formula is C17H23N7O. The van der Waals surface area contributed by atoms with Crippen LogP contribution in [-0.2, 0) is 16.9 Å². The van der Waals surface area contributed by atoms with Crippen LogP contribution in [0.25, 0.3) is 0 Å². The highest BCUT2D eigenvalue weighted by molar-refractivity contribution is 5.87. The summed E-state index contributed by atoms with van der Waals surface area (Å²) >= 11 is 0. The van der Waals surface area contributed by atoms with Crippen LogP contribution in [0.15, 0.2) is 31.0 Å². The number of carbonyl (C=O) groups excluding carboxylic acids is 1. The highest BCUT2D eigenvalue weighted by atomic mass is 16.2. The molecule has 3 rings (SSSR count). The molecule has 0 bridgehead atoms. The molecule has 1 aliphatic rings. The number of nitrogens with one attached hydrogen (secondary N) is 1. The lowest BCUT2D eigenvalue weighted by Gasteiger charge is -2.38. The molecule has 132 valence electrons. The zero-order valence-corrected chi connectivity index (χ0v) is 14.8. The standard InChI is InChI=1S/C17H23N7O/c1-18-16-21-9-13(10-22-16)12-24-8-4-5-17(24,15(25)23(2)3)14-11-19-6-7-20-14/h6-7,9-11H,4-5,8,12H2,1-3H3,(H,18,21,22)/t17-/m0/s1. The second-order valence-electron chi connectivity index (χ2n) is 6.34. The number of hydrogen-bond donors (Lipinski definition) is 1. The Bertz CT molecular complexity index is 720. The highest BCUT2D eigenvalue weighted by Crippen LogP contribution is 2.40. The molecule has 8 heteroatoms. The fourth-order valence-corrected chi connectivity index (χ4v) is 3.40. The van der Waals surface area contributed by atoms with Crippen LogP contribution in [-0.4, -0.2) is 63.3 Å². The van der Waals surface area contributed by atoms with Gasteiger partial charge in [-0.3, -0.25) is 19.7 Å². The topological polar surface area (TPSA) is 87.1 Å². The molecule has 1 fully saturated rings. The summed E-state index contributed by atoms with van der Waals surface area (Å²) in [5.41, 5.74) is 0.860. The number of hydrogen-bond acceptors (Lipinski definition) is 7. The van der Waals surface area contributed by atoms with E-state index in [9.17, 15) is 4.79 Å². The van der Waals surface area contributed by atoms with Gasteiger partial charge in [0, 0.05) is 58.0 Å². The van der Waals surface area contributed by atoms with E-state index in [1.165, 1.54) is 0 Å². The summed E-state index contributed by atoms with van der Waals surface area (Å²) in [7, 11) is 5.34. The predicted octanol–water partition coefficient (Wildman–Crippen LogP) is 0.888. The fraction of sp³-hybridized carbons (Fsp3) is 0.471. The number of anilines is 1. The van der Waals surface area contributed by atoms with Crippen molar-refractivity contribution >= 4 is 11.9 Å². The van der Waals surface area contributed by atoms with Gasteiger partial charge in [-0.2, -0.15) is 0 Å². The molecule has 0 spiro atoms. The minimum absolute atomic E-state index is 0.0262. The third-order valence-corrected chi connectivity index (χ3v) is 4.56. The van der Waals surface area contributed by atoms with Crippen molar-refractivity contribution in [2.45, 2.75) is 24.9 Å². The average Bonchev–Trinajstić information content (AvgIpc) is 3.06. The van der Waals surface area contributed by atoms with Crippen LogP contribution in [0, 0.1) is 0 Å². The number of nitrogens with zero attached hydrogens (tertiary/aromatic N) is 6. The van der Waals surface area contributed by atoms with Gasteiger partial charge in [0.05, 0.1) is 11.9 Å². The van der Waals surface area contributed by atoms with Crippen LogP contribution in [0.2, 0.25) is 0 Å². The van der Waals surface area contributed by atoms with E-state index in [4.69, 9.17) is 0 Å². The predicted molar refractivity (Wildman–Crippen MR) is 93.6 cm³/mol. The van der Waals surface area contributed by atoms with Crippen molar-refractivity contribution in [3.63, 3.8) is 0 Å². The van der Waals surface area contributed by atoms with Gasteiger partial charge < -0.3 is 10.2 Å². The molecule has 2 aromatic heterocycles. The van der Waals surface area contributed by atoms with Gasteiger partial charge in [-0.25, -0.2) is 9.97 Å². The molecule has 1 atom stereocenters. The first-order valence-electron chi connectivity index (χ1n) is 8.30. The zero-order chi connectivity index (χ0) is 17.9. The van der Waals surface area contributed by atoms with E-state index in [0.717, 1.165) is 24.9 Å². The third-order valence-electron chi connectivity index (χ3n) is 4.56. The van der Waals surface area contributed by atoms with Crippen molar-refractivity contribution in [3.05, 3.63) is 42.2 Å². The molecule has 8 nitrogen and oxygen atoms in total. The molecule has 0 aromatic carbocycles. The molecule has 1 aliphatic heterocycles. The van der Waals surface area contributed by atoms with Gasteiger partial charge in [0.2, 0.25) is 11.9 Å². The van der Waals surface area contributed by atoms with Gasteiger partial charge in [0.15, 0.2) is 0 Å². The minimum Gasteiger partial charge on any atom is -0.357 e. The van der Waals surface area contributed by atoms with Gasteiger partial charge >= 0.3 is 0 Å². The Balaban J connectivity index is 1.96. The Labute approximate surface area is 147 Å². The number of aromatic nitrogens is 4. The summed E-state index contributed by atoms with van der Waals surface area (Å²) in [6.45, 7) is 1.39. The molecule has 1 saturated heterocycles. The van der Waals surface area contributed by atoms with E-state index in [1.54, 1.807) is 57.0 Å². The summed E-state index contributed by atoms with van der Waals surface area (Å²) in [6.07, 6.45) is 10.2. The number of carbonyl (C=O) groups is 1. The molecular weight excluding hydrogens is 318 g/mol. The van der Waals surface area contributed by atoms with E-state index in [-0.39, 0.29) is 5.91 Å². The average molecular weight is 341 g/mol. The summed E-state index contributed by atoms with van der Waals surface area (Å²) in [6, 6.07) is 0. The number of likely N-dealkylation sites (N-methyl/N-ethyl adjacent to an activating group) is 1. The van der Waals surface area contributed by atoms with E-state index in [2.05, 4.69) is 30.2 Å². The second-order valence-corrected chi connectivity index (χ2v) is 6.34. The number of amides is 1. The van der Waals surface area contributed by atoms with Crippen LogP contribution in [0.1, 0.15) is 24.1 Å². The van der Waals surface area contributed by atoms with E-state index < -0.39 is 5.54 Å². The van der Waals surface area contributed by atoms with E-state index >= 15 is 0 Å². The van der Waals surface area contributed by atoms with Crippen LogP contribution in [0.3, 0.4) is 0 Å². The van der Waals surface area contributed by atoms with Gasteiger partial charge in [0.25, 0.3) is 0 Å². The van der Waals surface area contributed by atoms with Gasteiger partial charge in [0.1, 0.15) is 5.54 Å². The van der Waals surface area contributed by atoms with Crippen molar-refractivity contribution < 1.29 is 4.79 Å². The Morgan fingerprint density at radius 2 is 2.00 bits per heavy atom. The van der Waals surface area contributed by atoms with Crippen molar-refractivity contribution in [1.82, 2.24) is 29.7 Å². The summed E-state index contributed by atoms with van der Waals surface area (Å²) in [4.78, 5) is 34.1. The lowest BCUT2D eigenvalue weighted by molar-refractivity contribution is -0.141. The lowest BCUT2D eigenvalue weighted by Crippen LogP contribution is -2.52. The van der Waals surface area contributed by atoms with Crippen molar-refractivity contribution in [3.8, 4) is 0 Å². The normalized spacial score (nSPS) is 20.4. The monoisotopic (exact) mass is 341 g/mol. The minimum atomic E-state index is -0.792. The number of likely N-dealkylation sites (tertiary alicyclic amines) is 1. The Kier molecular flexibility index (Phi) is 4.89. The highest BCUT2D eigenvalue weighted by Gasteiger charge is 2.50. The van der Waals surface area contributed by atoms with Gasteiger partial charge in [-0.1, -0.05) is 0 Å². The van der Waals surface area contributed by atoms with Crippen LogP contribution < -0.4 is 5.32 Å². The van der Waals surface area contributed by atoms with Crippen molar-refractivity contribution in [2.75, 3.05) is 33.0 Å². The van der Waals surface area contributed by atoms with Crippen LogP contribution in [0.5, 0.6) is 0 Å². The summed E-state index contributed by atoms with van der Waals surface area (Å²) in [5.74, 6) is 0.605. The number of rotatable bonds is 5. The first-order valence-corrected chi connectivity index (χ1v) is 8.30. The fourth-order valence-electron chi connectivity index (χ4n) is 3.40. The molecule has 1 N–H and O–H groups in total. The summed E-state index contributed by atoms with van der Waals surface area (Å²) in [5, 5.41) is 2.91. The molecule has 0 saturated carbocycles. The molecule has 1 amide bonds. The molecule has 0 unspecified atom stereocenters. The molecule has 0 aliphatic carbocycles. The third kappa shape index (κ3) is 3.17. The molecule has 2 aromatic rings. The van der Waals surface area contributed by atoms with Crippen LogP contribution in [0.4, 0.5) is 5.95 Å². The maximum atomic E-state index is 13.1. The van der Waals surface area contributed by atoms with Crippen LogP contribution >= 0.6 is 0 Å². The smallest absolute Gasteiger partial charge is 0.248 e. The lowest BCUT2D eigenvalue weighted by atomic mass is 9.90. The zero-order valence-electron chi connectivity index (χ0n) is 14.8. The molecule has 25 heavy (non-hydrogen) atoms. The molecule has 0 radical (unpaired) electrons. The first kappa shape index (κ1) is 17.2. The van der Waals surface area contributed by atoms with E-state index in [0.29, 0.717) is 18.2 Å². The van der Waals surface area contributed by atoms with Gasteiger partial charge in [-0.15, -0.1) is 0 Å². The van der Waals surface area contributed by atoms with E-state index in [1.807, 2.05) is 0 Å². The molecule has 3 heterocycles. The largest absolute Gasteiger partial charge is 0.357 e. The quantitative estimate of drug-likeness (QED) is 0.864. The maximum absolute atomic E-state index is 13.1. The summed E-state index contributed by atoms with van der Waals surface area (Å²) < 4.78 is 0. The Morgan fingerprint density at radius 3 is 2.60 bits per heavy atom. The first-order chi connectivity index (χ1) is 12.1.